The average molecular weight is 202 g/mol. The van der Waals surface area contributed by atoms with Crippen LogP contribution in [0.15, 0.2) is 30.5 Å². The Balaban J connectivity index is 2.41. The van der Waals surface area contributed by atoms with Crippen molar-refractivity contribution >= 4 is 16.5 Å². The second-order valence-corrected chi connectivity index (χ2v) is 3.49. The molecule has 0 spiro atoms. The number of anilines is 1. The number of hydrogen-bond donors (Lipinski definition) is 1. The Morgan fingerprint density at radius 3 is 3.07 bits per heavy atom. The highest BCUT2D eigenvalue weighted by Gasteiger charge is 2.00. The summed E-state index contributed by atoms with van der Waals surface area (Å²) in [6, 6.07) is 7.89. The number of benzene rings is 1. The Bertz CT molecular complexity index is 468. The zero-order valence-electron chi connectivity index (χ0n) is 8.73. The van der Waals surface area contributed by atoms with Crippen molar-refractivity contribution in [3.63, 3.8) is 0 Å². The Labute approximate surface area is 88.9 Å². The lowest BCUT2D eigenvalue weighted by molar-refractivity contribution is 0.201. The molecule has 2 aromatic rings. The number of hydrogen-bond acceptors (Lipinski definition) is 3. The Morgan fingerprint density at radius 2 is 2.27 bits per heavy atom. The molecule has 0 fully saturated rings. The number of rotatable bonds is 3. The van der Waals surface area contributed by atoms with Gasteiger partial charge in [-0.1, -0.05) is 12.1 Å². The van der Waals surface area contributed by atoms with Gasteiger partial charge in [0.25, 0.3) is 0 Å². The minimum Gasteiger partial charge on any atom is -0.398 e. The zero-order chi connectivity index (χ0) is 10.7. The second kappa shape index (κ2) is 4.28. The van der Waals surface area contributed by atoms with Crippen molar-refractivity contribution in [1.29, 1.82) is 0 Å². The van der Waals surface area contributed by atoms with Crippen molar-refractivity contribution in [2.24, 2.45) is 0 Å². The van der Waals surface area contributed by atoms with Crippen LogP contribution in [0.5, 0.6) is 0 Å². The van der Waals surface area contributed by atoms with Crippen LogP contribution in [-0.2, 0) is 11.2 Å². The quantitative estimate of drug-likeness (QED) is 0.774. The molecule has 0 radical (unpaired) electrons. The van der Waals surface area contributed by atoms with Crippen LogP contribution in [-0.4, -0.2) is 18.7 Å². The molecule has 0 amide bonds. The Morgan fingerprint density at radius 1 is 1.40 bits per heavy atom. The molecule has 0 aliphatic carbocycles. The van der Waals surface area contributed by atoms with Crippen LogP contribution in [0.4, 0.5) is 5.69 Å². The van der Waals surface area contributed by atoms with Crippen LogP contribution in [0.1, 0.15) is 5.69 Å². The van der Waals surface area contributed by atoms with Crippen molar-refractivity contribution in [2.75, 3.05) is 19.5 Å². The summed E-state index contributed by atoms with van der Waals surface area (Å²) in [5, 5.41) is 2.15. The molecular weight excluding hydrogens is 188 g/mol. The third-order valence-electron chi connectivity index (χ3n) is 2.42. The van der Waals surface area contributed by atoms with E-state index in [1.165, 1.54) is 0 Å². The number of methoxy groups -OCH3 is 1. The molecule has 0 atom stereocenters. The summed E-state index contributed by atoms with van der Waals surface area (Å²) < 4.78 is 5.02. The lowest BCUT2D eigenvalue weighted by Crippen LogP contribution is -1.97. The van der Waals surface area contributed by atoms with Gasteiger partial charge in [0.15, 0.2) is 0 Å². The average Bonchev–Trinajstić information content (AvgIpc) is 2.27. The molecule has 2 rings (SSSR count). The van der Waals surface area contributed by atoms with Crippen LogP contribution < -0.4 is 5.73 Å². The third kappa shape index (κ3) is 2.07. The van der Waals surface area contributed by atoms with Gasteiger partial charge < -0.3 is 10.5 Å². The summed E-state index contributed by atoms with van der Waals surface area (Å²) in [6.45, 7) is 0.686. The van der Waals surface area contributed by atoms with Gasteiger partial charge in [-0.05, 0) is 12.1 Å². The van der Waals surface area contributed by atoms with E-state index in [4.69, 9.17) is 10.5 Å². The van der Waals surface area contributed by atoms with E-state index in [1.54, 1.807) is 7.11 Å². The minimum absolute atomic E-state index is 0.686. The molecule has 1 aromatic carbocycles. The van der Waals surface area contributed by atoms with Crippen molar-refractivity contribution < 1.29 is 4.74 Å². The van der Waals surface area contributed by atoms with E-state index in [2.05, 4.69) is 4.98 Å². The third-order valence-corrected chi connectivity index (χ3v) is 2.42. The highest BCUT2D eigenvalue weighted by atomic mass is 16.5. The number of fused-ring (bicyclic) bond motifs is 1. The van der Waals surface area contributed by atoms with Crippen LogP contribution in [0.3, 0.4) is 0 Å². The molecule has 1 heterocycles. The van der Waals surface area contributed by atoms with Crippen LogP contribution in [0.25, 0.3) is 10.8 Å². The smallest absolute Gasteiger partial charge is 0.0517 e. The van der Waals surface area contributed by atoms with E-state index in [9.17, 15) is 0 Å². The largest absolute Gasteiger partial charge is 0.398 e. The van der Waals surface area contributed by atoms with Gasteiger partial charge in [0.1, 0.15) is 0 Å². The first kappa shape index (κ1) is 9.93. The molecule has 0 aliphatic heterocycles. The molecule has 0 unspecified atom stereocenters. The summed E-state index contributed by atoms with van der Waals surface area (Å²) in [5.74, 6) is 0. The molecule has 3 nitrogen and oxygen atoms in total. The summed E-state index contributed by atoms with van der Waals surface area (Å²) in [7, 11) is 1.69. The monoisotopic (exact) mass is 202 g/mol. The lowest BCUT2D eigenvalue weighted by Gasteiger charge is -2.04. The number of nitrogen functional groups attached to an aromatic ring is 1. The fourth-order valence-electron chi connectivity index (χ4n) is 1.58. The number of nitrogens with two attached hydrogens (primary N) is 1. The summed E-state index contributed by atoms with van der Waals surface area (Å²) in [4.78, 5) is 4.35. The lowest BCUT2D eigenvalue weighted by atomic mass is 10.1. The molecule has 3 heteroatoms. The first-order valence-corrected chi connectivity index (χ1v) is 4.93. The molecular formula is C12H14N2O. The standard InChI is InChI=1S/C12H14N2O/c1-15-6-5-10-7-11-9(8-14-10)3-2-4-12(11)13/h2-4,7-8H,5-6,13H2,1H3. The molecule has 2 N–H and O–H groups in total. The molecule has 0 saturated carbocycles. The van der Waals surface area contributed by atoms with Gasteiger partial charge in [0.2, 0.25) is 0 Å². The maximum absolute atomic E-state index is 5.89. The Hall–Kier alpha value is -1.61. The van der Waals surface area contributed by atoms with E-state index < -0.39 is 0 Å². The van der Waals surface area contributed by atoms with Crippen LogP contribution in [0.2, 0.25) is 0 Å². The van der Waals surface area contributed by atoms with E-state index in [0.29, 0.717) is 6.61 Å². The van der Waals surface area contributed by atoms with E-state index in [0.717, 1.165) is 28.6 Å². The number of pyridine rings is 1. The maximum atomic E-state index is 5.89. The van der Waals surface area contributed by atoms with Crippen molar-refractivity contribution in [2.45, 2.75) is 6.42 Å². The van der Waals surface area contributed by atoms with Gasteiger partial charge in [-0.2, -0.15) is 0 Å². The van der Waals surface area contributed by atoms with Gasteiger partial charge in [-0.3, -0.25) is 4.98 Å². The summed E-state index contributed by atoms with van der Waals surface area (Å²) >= 11 is 0. The topological polar surface area (TPSA) is 48.1 Å². The summed E-state index contributed by atoms with van der Waals surface area (Å²) in [5.41, 5.74) is 7.71. The summed E-state index contributed by atoms with van der Waals surface area (Å²) in [6.07, 6.45) is 2.68. The van der Waals surface area contributed by atoms with Gasteiger partial charge in [-0.15, -0.1) is 0 Å². The molecule has 78 valence electrons. The number of aromatic nitrogens is 1. The maximum Gasteiger partial charge on any atom is 0.0517 e. The minimum atomic E-state index is 0.686. The predicted octanol–water partition coefficient (Wildman–Crippen LogP) is 2.01. The molecule has 0 bridgehead atoms. The van der Waals surface area contributed by atoms with Gasteiger partial charge in [0, 0.05) is 41.9 Å². The van der Waals surface area contributed by atoms with Crippen LogP contribution in [0, 0.1) is 0 Å². The SMILES string of the molecule is COCCc1cc2c(N)cccc2cn1. The first-order valence-electron chi connectivity index (χ1n) is 4.93. The van der Waals surface area contributed by atoms with Crippen molar-refractivity contribution in [3.8, 4) is 0 Å². The predicted molar refractivity (Wildman–Crippen MR) is 61.7 cm³/mol. The highest BCUT2D eigenvalue weighted by molar-refractivity contribution is 5.92. The zero-order valence-corrected chi connectivity index (χ0v) is 8.73. The van der Waals surface area contributed by atoms with Crippen molar-refractivity contribution in [3.05, 3.63) is 36.2 Å². The first-order chi connectivity index (χ1) is 7.31. The second-order valence-electron chi connectivity index (χ2n) is 3.49. The van der Waals surface area contributed by atoms with E-state index in [1.807, 2.05) is 30.5 Å². The fourth-order valence-corrected chi connectivity index (χ4v) is 1.58. The van der Waals surface area contributed by atoms with Crippen molar-refractivity contribution in [1.82, 2.24) is 4.98 Å². The van der Waals surface area contributed by atoms with Gasteiger partial charge in [-0.25, -0.2) is 0 Å². The van der Waals surface area contributed by atoms with E-state index in [-0.39, 0.29) is 0 Å². The number of nitrogens with zero attached hydrogens (tertiary/aromatic N) is 1. The van der Waals surface area contributed by atoms with Crippen LogP contribution >= 0.6 is 0 Å². The van der Waals surface area contributed by atoms with E-state index >= 15 is 0 Å². The van der Waals surface area contributed by atoms with Gasteiger partial charge in [0.05, 0.1) is 6.61 Å². The number of ether oxygens (including phenoxy) is 1. The molecule has 1 aromatic heterocycles. The molecule has 15 heavy (non-hydrogen) atoms. The molecule has 0 aliphatic rings. The Kier molecular flexibility index (Phi) is 2.83. The van der Waals surface area contributed by atoms with Gasteiger partial charge >= 0.3 is 0 Å². The highest BCUT2D eigenvalue weighted by Crippen LogP contribution is 2.20. The normalized spacial score (nSPS) is 10.7. The molecule has 0 saturated heterocycles. The fraction of sp³-hybridized carbons (Fsp3) is 0.250.